The fourth-order valence-corrected chi connectivity index (χ4v) is 4.78. The van der Waals surface area contributed by atoms with Crippen LogP contribution in [0.1, 0.15) is 70.6 Å². The third-order valence-corrected chi connectivity index (χ3v) is 5.69. The van der Waals surface area contributed by atoms with Gasteiger partial charge in [-0.1, -0.05) is 32.1 Å². The van der Waals surface area contributed by atoms with Gasteiger partial charge in [-0.3, -0.25) is 4.90 Å². The zero-order chi connectivity index (χ0) is 12.4. The van der Waals surface area contributed by atoms with Crippen molar-refractivity contribution in [3.63, 3.8) is 0 Å². The second kappa shape index (κ2) is 5.92. The highest BCUT2D eigenvalue weighted by molar-refractivity contribution is 4.99. The topological polar surface area (TPSA) is 15.3 Å². The maximum Gasteiger partial charge on any atom is 0.0116 e. The Hall–Kier alpha value is -0.0800. The summed E-state index contributed by atoms with van der Waals surface area (Å²) >= 11 is 0. The smallest absolute Gasteiger partial charge is 0.0116 e. The van der Waals surface area contributed by atoms with Gasteiger partial charge in [0.05, 0.1) is 0 Å². The molecule has 0 aromatic rings. The van der Waals surface area contributed by atoms with Crippen molar-refractivity contribution in [1.82, 2.24) is 10.2 Å². The summed E-state index contributed by atoms with van der Waals surface area (Å²) in [6, 6.07) is 3.55. The van der Waals surface area contributed by atoms with Crippen LogP contribution in [0.5, 0.6) is 0 Å². The molecule has 1 N–H and O–H groups in total. The van der Waals surface area contributed by atoms with Gasteiger partial charge >= 0.3 is 0 Å². The van der Waals surface area contributed by atoms with Crippen molar-refractivity contribution in [2.75, 3.05) is 7.05 Å². The third kappa shape index (κ3) is 2.60. The first-order chi connectivity index (χ1) is 8.88. The minimum atomic E-state index is 0.798. The van der Waals surface area contributed by atoms with Crippen LogP contribution in [-0.4, -0.2) is 36.1 Å². The number of piperidine rings is 1. The standard InChI is InChI=1S/C16H30N2/c1-17-13-11-15-9-10-16(12-13)18(15)14-7-5-3-2-4-6-8-14/h13-17H,2-12H2,1H3. The molecule has 2 saturated heterocycles. The second-order valence-corrected chi connectivity index (χ2v) is 6.79. The normalized spacial score (nSPS) is 39.5. The highest BCUT2D eigenvalue weighted by atomic mass is 15.3. The van der Waals surface area contributed by atoms with Crippen LogP contribution in [0, 0.1) is 0 Å². The Bertz CT molecular complexity index is 244. The molecule has 3 rings (SSSR count). The summed E-state index contributed by atoms with van der Waals surface area (Å²) in [4.78, 5) is 2.97. The van der Waals surface area contributed by atoms with Crippen molar-refractivity contribution < 1.29 is 0 Å². The van der Waals surface area contributed by atoms with Crippen LogP contribution in [-0.2, 0) is 0 Å². The molecule has 3 fully saturated rings. The zero-order valence-corrected chi connectivity index (χ0v) is 12.0. The van der Waals surface area contributed by atoms with E-state index in [2.05, 4.69) is 17.3 Å². The predicted octanol–water partition coefficient (Wildman–Crippen LogP) is 3.31. The van der Waals surface area contributed by atoms with Crippen LogP contribution < -0.4 is 5.32 Å². The highest BCUT2D eigenvalue weighted by Gasteiger charge is 2.42. The number of rotatable bonds is 2. The highest BCUT2D eigenvalue weighted by Crippen LogP contribution is 2.39. The van der Waals surface area contributed by atoms with Crippen molar-refractivity contribution >= 4 is 0 Å². The number of nitrogens with one attached hydrogen (secondary N) is 1. The average molecular weight is 250 g/mol. The molecular formula is C16H30N2. The molecule has 0 spiro atoms. The molecule has 2 nitrogen and oxygen atoms in total. The molecule has 18 heavy (non-hydrogen) atoms. The molecule has 2 aliphatic heterocycles. The maximum absolute atomic E-state index is 3.52. The van der Waals surface area contributed by atoms with Crippen LogP contribution in [0.3, 0.4) is 0 Å². The molecule has 2 bridgehead atoms. The Morgan fingerprint density at radius 3 is 1.83 bits per heavy atom. The molecule has 2 heteroatoms. The van der Waals surface area contributed by atoms with Crippen molar-refractivity contribution in [3.8, 4) is 0 Å². The molecule has 0 radical (unpaired) electrons. The van der Waals surface area contributed by atoms with Gasteiger partial charge in [-0.25, -0.2) is 0 Å². The first-order valence-electron chi connectivity index (χ1n) is 8.33. The van der Waals surface area contributed by atoms with Gasteiger partial charge in [-0.15, -0.1) is 0 Å². The van der Waals surface area contributed by atoms with Gasteiger partial charge in [-0.05, 0) is 45.6 Å². The lowest BCUT2D eigenvalue weighted by atomic mass is 9.90. The molecule has 0 amide bonds. The summed E-state index contributed by atoms with van der Waals surface area (Å²) in [5, 5.41) is 3.52. The average Bonchev–Trinajstić information content (AvgIpc) is 2.60. The Kier molecular flexibility index (Phi) is 4.25. The molecule has 104 valence electrons. The number of hydrogen-bond donors (Lipinski definition) is 1. The molecule has 1 aliphatic carbocycles. The lowest BCUT2D eigenvalue weighted by Crippen LogP contribution is -2.52. The third-order valence-electron chi connectivity index (χ3n) is 5.69. The summed E-state index contributed by atoms with van der Waals surface area (Å²) in [6.45, 7) is 0. The van der Waals surface area contributed by atoms with Crippen LogP contribution >= 0.6 is 0 Å². The molecule has 2 heterocycles. The largest absolute Gasteiger partial charge is 0.317 e. The fraction of sp³-hybridized carbons (Fsp3) is 1.00. The molecule has 3 aliphatic rings. The summed E-state index contributed by atoms with van der Waals surface area (Å²) in [6.07, 6.45) is 16.1. The maximum atomic E-state index is 3.52. The molecule has 2 unspecified atom stereocenters. The van der Waals surface area contributed by atoms with E-state index in [1.54, 1.807) is 0 Å². The first-order valence-corrected chi connectivity index (χ1v) is 8.33. The lowest BCUT2D eigenvalue weighted by molar-refractivity contribution is 0.0580. The van der Waals surface area contributed by atoms with E-state index in [1.807, 2.05) is 0 Å². The summed E-state index contributed by atoms with van der Waals surface area (Å²) in [7, 11) is 2.15. The van der Waals surface area contributed by atoms with Gasteiger partial charge in [0.2, 0.25) is 0 Å². The molecular weight excluding hydrogens is 220 g/mol. The van der Waals surface area contributed by atoms with Gasteiger partial charge in [0, 0.05) is 24.2 Å². The van der Waals surface area contributed by atoms with Gasteiger partial charge in [0.25, 0.3) is 0 Å². The SMILES string of the molecule is CNC1CC2CCC(C1)N2C1CCCCCCC1. The van der Waals surface area contributed by atoms with E-state index in [0.29, 0.717) is 0 Å². The predicted molar refractivity (Wildman–Crippen MR) is 76.8 cm³/mol. The van der Waals surface area contributed by atoms with Gasteiger partial charge in [0.1, 0.15) is 0 Å². The van der Waals surface area contributed by atoms with E-state index in [9.17, 15) is 0 Å². The van der Waals surface area contributed by atoms with Crippen molar-refractivity contribution in [2.45, 2.75) is 94.8 Å². The van der Waals surface area contributed by atoms with Crippen LogP contribution in [0.15, 0.2) is 0 Å². The fourth-order valence-electron chi connectivity index (χ4n) is 4.78. The van der Waals surface area contributed by atoms with E-state index in [0.717, 1.165) is 24.2 Å². The van der Waals surface area contributed by atoms with E-state index in [4.69, 9.17) is 0 Å². The minimum absolute atomic E-state index is 0.798. The van der Waals surface area contributed by atoms with Crippen molar-refractivity contribution in [2.24, 2.45) is 0 Å². The zero-order valence-electron chi connectivity index (χ0n) is 12.0. The van der Waals surface area contributed by atoms with E-state index in [1.165, 1.54) is 70.6 Å². The molecule has 0 aromatic carbocycles. The molecule has 1 saturated carbocycles. The Morgan fingerprint density at radius 1 is 0.722 bits per heavy atom. The van der Waals surface area contributed by atoms with Gasteiger partial charge in [0.15, 0.2) is 0 Å². The summed E-state index contributed by atoms with van der Waals surface area (Å²) < 4.78 is 0. The Balaban J connectivity index is 1.64. The Morgan fingerprint density at radius 2 is 1.28 bits per heavy atom. The van der Waals surface area contributed by atoms with Crippen LogP contribution in [0.2, 0.25) is 0 Å². The van der Waals surface area contributed by atoms with E-state index in [-0.39, 0.29) is 0 Å². The van der Waals surface area contributed by atoms with Gasteiger partial charge in [-0.2, -0.15) is 0 Å². The van der Waals surface area contributed by atoms with Crippen LogP contribution in [0.25, 0.3) is 0 Å². The summed E-state index contributed by atoms with van der Waals surface area (Å²) in [5.74, 6) is 0. The number of hydrogen-bond acceptors (Lipinski definition) is 2. The second-order valence-electron chi connectivity index (χ2n) is 6.79. The Labute approximate surface area is 113 Å². The molecule has 0 aromatic heterocycles. The number of fused-ring (bicyclic) bond motifs is 2. The van der Waals surface area contributed by atoms with Crippen molar-refractivity contribution in [1.29, 1.82) is 0 Å². The van der Waals surface area contributed by atoms with E-state index < -0.39 is 0 Å². The van der Waals surface area contributed by atoms with Gasteiger partial charge < -0.3 is 5.32 Å². The summed E-state index contributed by atoms with van der Waals surface area (Å²) in [5.41, 5.74) is 0. The minimum Gasteiger partial charge on any atom is -0.317 e. The van der Waals surface area contributed by atoms with Crippen molar-refractivity contribution in [3.05, 3.63) is 0 Å². The monoisotopic (exact) mass is 250 g/mol. The first kappa shape index (κ1) is 12.9. The molecule has 2 atom stereocenters. The lowest BCUT2D eigenvalue weighted by Gasteiger charge is -2.44. The number of nitrogens with zero attached hydrogens (tertiary/aromatic N) is 1. The van der Waals surface area contributed by atoms with Crippen LogP contribution in [0.4, 0.5) is 0 Å². The quantitative estimate of drug-likeness (QED) is 0.809. The van der Waals surface area contributed by atoms with E-state index >= 15 is 0 Å².